The molecule has 3 rings (SSSR count). The second kappa shape index (κ2) is 12.0. The van der Waals surface area contributed by atoms with E-state index in [-0.39, 0.29) is 0 Å². The summed E-state index contributed by atoms with van der Waals surface area (Å²) in [6.45, 7) is 10.3. The van der Waals surface area contributed by atoms with Gasteiger partial charge in [-0.25, -0.2) is 0 Å². The number of carboxylic acid groups (broad SMARTS) is 1. The number of aryl methyl sites for hydroxylation is 1. The van der Waals surface area contributed by atoms with E-state index in [9.17, 15) is 9.90 Å². The molecule has 0 aromatic heterocycles. The van der Waals surface area contributed by atoms with Gasteiger partial charge in [-0.2, -0.15) is 0 Å². The van der Waals surface area contributed by atoms with E-state index in [1.165, 1.54) is 44.5 Å². The summed E-state index contributed by atoms with van der Waals surface area (Å²) in [6, 6.07) is 13.4. The lowest BCUT2D eigenvalue weighted by Crippen LogP contribution is -2.30. The number of carboxylic acids is 1. The van der Waals surface area contributed by atoms with E-state index < -0.39 is 11.9 Å². The van der Waals surface area contributed by atoms with Gasteiger partial charge in [-0.15, -0.1) is 0 Å². The molecule has 0 radical (unpaired) electrons. The highest BCUT2D eigenvalue weighted by atomic mass is 16.5. The van der Waals surface area contributed by atoms with Gasteiger partial charge in [0.25, 0.3) is 0 Å². The highest BCUT2D eigenvalue weighted by molar-refractivity contribution is 5.83. The minimum absolute atomic E-state index is 0.643. The SMILES string of the molecule is CCCN(CCC)CCCN(C)CCCc1ccc2c(c1)Oc1ccccc1C2C(=O)O. The summed E-state index contributed by atoms with van der Waals surface area (Å²) >= 11 is 0. The van der Waals surface area contributed by atoms with Gasteiger partial charge < -0.3 is 19.6 Å². The number of benzene rings is 2. The normalized spacial score (nSPS) is 14.8. The lowest BCUT2D eigenvalue weighted by Gasteiger charge is -2.26. The largest absolute Gasteiger partial charge is 0.481 e. The predicted octanol–water partition coefficient (Wildman–Crippen LogP) is 5.39. The van der Waals surface area contributed by atoms with Crippen molar-refractivity contribution in [2.75, 3.05) is 39.8 Å². The molecule has 0 bridgehead atoms. The third kappa shape index (κ3) is 6.33. The fourth-order valence-electron chi connectivity index (χ4n) is 4.62. The van der Waals surface area contributed by atoms with Crippen LogP contribution in [0.2, 0.25) is 0 Å². The highest BCUT2D eigenvalue weighted by Gasteiger charge is 2.32. The number of rotatable bonds is 13. The van der Waals surface area contributed by atoms with E-state index in [1.54, 1.807) is 0 Å². The molecule has 0 aliphatic carbocycles. The van der Waals surface area contributed by atoms with Crippen LogP contribution in [0.4, 0.5) is 0 Å². The van der Waals surface area contributed by atoms with E-state index in [1.807, 2.05) is 36.4 Å². The second-order valence-electron chi connectivity index (χ2n) is 8.89. The molecule has 1 heterocycles. The lowest BCUT2D eigenvalue weighted by molar-refractivity contribution is -0.137. The number of nitrogens with zero attached hydrogens (tertiary/aromatic N) is 2. The third-order valence-corrected chi connectivity index (χ3v) is 6.18. The molecule has 2 aromatic carbocycles. The van der Waals surface area contributed by atoms with E-state index in [0.717, 1.165) is 37.1 Å². The summed E-state index contributed by atoms with van der Waals surface area (Å²) in [4.78, 5) is 16.9. The van der Waals surface area contributed by atoms with Crippen molar-refractivity contribution in [2.45, 2.75) is 51.9 Å². The van der Waals surface area contributed by atoms with Crippen molar-refractivity contribution in [1.29, 1.82) is 0 Å². The van der Waals surface area contributed by atoms with Gasteiger partial charge in [-0.3, -0.25) is 4.79 Å². The molecule has 32 heavy (non-hydrogen) atoms. The first-order chi connectivity index (χ1) is 15.5. The van der Waals surface area contributed by atoms with Crippen LogP contribution < -0.4 is 4.74 Å². The molecule has 5 nitrogen and oxygen atoms in total. The molecule has 1 N–H and O–H groups in total. The topological polar surface area (TPSA) is 53.0 Å². The summed E-state index contributed by atoms with van der Waals surface area (Å²) in [5.74, 6) is -0.193. The number of para-hydroxylation sites is 1. The van der Waals surface area contributed by atoms with Crippen LogP contribution in [0.3, 0.4) is 0 Å². The number of hydrogen-bond acceptors (Lipinski definition) is 4. The summed E-state index contributed by atoms with van der Waals surface area (Å²) in [5, 5.41) is 9.80. The van der Waals surface area contributed by atoms with Crippen LogP contribution in [0.15, 0.2) is 42.5 Å². The summed E-state index contributed by atoms with van der Waals surface area (Å²) < 4.78 is 6.06. The molecule has 0 saturated heterocycles. The van der Waals surface area contributed by atoms with Gasteiger partial charge in [0, 0.05) is 11.1 Å². The quantitative estimate of drug-likeness (QED) is 0.455. The van der Waals surface area contributed by atoms with Crippen LogP contribution in [-0.4, -0.2) is 60.6 Å². The van der Waals surface area contributed by atoms with E-state index in [2.05, 4.69) is 36.8 Å². The minimum atomic E-state index is -0.840. The maximum Gasteiger partial charge on any atom is 0.315 e. The van der Waals surface area contributed by atoms with Crippen molar-refractivity contribution in [3.8, 4) is 11.5 Å². The Hall–Kier alpha value is -2.37. The van der Waals surface area contributed by atoms with E-state index in [0.29, 0.717) is 11.5 Å². The molecule has 1 unspecified atom stereocenters. The monoisotopic (exact) mass is 438 g/mol. The van der Waals surface area contributed by atoms with Gasteiger partial charge in [0.05, 0.1) is 0 Å². The molecule has 5 heteroatoms. The molecule has 0 saturated carbocycles. The van der Waals surface area contributed by atoms with Gasteiger partial charge in [-0.1, -0.05) is 44.2 Å². The second-order valence-corrected chi connectivity index (χ2v) is 8.89. The lowest BCUT2D eigenvalue weighted by atomic mass is 9.87. The first-order valence-electron chi connectivity index (χ1n) is 12.1. The van der Waals surface area contributed by atoms with Crippen molar-refractivity contribution in [3.63, 3.8) is 0 Å². The number of carbonyl (C=O) groups is 1. The standard InChI is InChI=1S/C27H38N2O3/c1-4-15-29(16-5-2)19-9-18-28(3)17-8-10-21-13-14-23-25(20-21)32-24-12-7-6-11-22(24)26(23)27(30)31/h6-7,11-14,20,26H,4-5,8-10,15-19H2,1-3H3,(H,30,31). The Morgan fingerprint density at radius 1 is 0.906 bits per heavy atom. The van der Waals surface area contributed by atoms with Crippen LogP contribution in [0.25, 0.3) is 0 Å². The van der Waals surface area contributed by atoms with Crippen molar-refractivity contribution < 1.29 is 14.6 Å². The van der Waals surface area contributed by atoms with Crippen molar-refractivity contribution in [1.82, 2.24) is 9.80 Å². The number of hydrogen-bond donors (Lipinski definition) is 1. The molecule has 0 spiro atoms. The number of fused-ring (bicyclic) bond motifs is 2. The van der Waals surface area contributed by atoms with Crippen LogP contribution in [0, 0.1) is 0 Å². The van der Waals surface area contributed by atoms with Crippen molar-refractivity contribution in [2.24, 2.45) is 0 Å². The van der Waals surface area contributed by atoms with Gasteiger partial charge in [0.2, 0.25) is 0 Å². The smallest absolute Gasteiger partial charge is 0.315 e. The molecular formula is C27H38N2O3. The van der Waals surface area contributed by atoms with E-state index >= 15 is 0 Å². The Balaban J connectivity index is 1.51. The highest BCUT2D eigenvalue weighted by Crippen LogP contribution is 2.44. The molecule has 174 valence electrons. The Morgan fingerprint density at radius 3 is 2.31 bits per heavy atom. The van der Waals surface area contributed by atoms with Crippen LogP contribution in [0.1, 0.15) is 62.1 Å². The summed E-state index contributed by atoms with van der Waals surface area (Å²) in [7, 11) is 2.20. The number of aliphatic carboxylic acids is 1. The number of ether oxygens (including phenoxy) is 1. The van der Waals surface area contributed by atoms with Crippen molar-refractivity contribution in [3.05, 3.63) is 59.2 Å². The fourth-order valence-corrected chi connectivity index (χ4v) is 4.62. The molecular weight excluding hydrogens is 400 g/mol. The molecule has 1 aliphatic rings. The summed E-state index contributed by atoms with van der Waals surface area (Å²) in [6.07, 6.45) is 5.68. The Morgan fingerprint density at radius 2 is 1.59 bits per heavy atom. The van der Waals surface area contributed by atoms with Crippen molar-refractivity contribution >= 4 is 5.97 Å². The molecule has 1 aliphatic heterocycles. The zero-order valence-electron chi connectivity index (χ0n) is 19.8. The molecule has 1 atom stereocenters. The first kappa shape index (κ1) is 24.3. The average molecular weight is 439 g/mol. The van der Waals surface area contributed by atoms with Gasteiger partial charge in [-0.05, 0) is 89.6 Å². The van der Waals surface area contributed by atoms with Gasteiger partial charge >= 0.3 is 5.97 Å². The fraction of sp³-hybridized carbons (Fsp3) is 0.519. The first-order valence-corrected chi connectivity index (χ1v) is 12.1. The zero-order chi connectivity index (χ0) is 22.9. The van der Waals surface area contributed by atoms with Crippen LogP contribution >= 0.6 is 0 Å². The molecule has 0 amide bonds. The van der Waals surface area contributed by atoms with E-state index in [4.69, 9.17) is 4.74 Å². The maximum atomic E-state index is 11.9. The minimum Gasteiger partial charge on any atom is -0.481 e. The average Bonchev–Trinajstić information content (AvgIpc) is 2.77. The Kier molecular flexibility index (Phi) is 9.12. The third-order valence-electron chi connectivity index (χ3n) is 6.18. The molecule has 2 aromatic rings. The Labute approximate surface area is 193 Å². The Bertz CT molecular complexity index is 877. The predicted molar refractivity (Wildman–Crippen MR) is 130 cm³/mol. The maximum absolute atomic E-state index is 11.9. The van der Waals surface area contributed by atoms with Gasteiger partial charge in [0.1, 0.15) is 17.4 Å². The molecule has 0 fully saturated rings. The van der Waals surface area contributed by atoms with Crippen LogP contribution in [0.5, 0.6) is 11.5 Å². The van der Waals surface area contributed by atoms with Crippen LogP contribution in [-0.2, 0) is 11.2 Å². The zero-order valence-corrected chi connectivity index (χ0v) is 19.8. The summed E-state index contributed by atoms with van der Waals surface area (Å²) in [5.41, 5.74) is 2.65. The van der Waals surface area contributed by atoms with Gasteiger partial charge in [0.15, 0.2) is 0 Å².